The van der Waals surface area contributed by atoms with E-state index >= 15 is 0 Å². The van der Waals surface area contributed by atoms with Gasteiger partial charge in [-0.25, -0.2) is 0 Å². The van der Waals surface area contributed by atoms with Crippen LogP contribution in [0.5, 0.6) is 5.75 Å². The lowest BCUT2D eigenvalue weighted by molar-refractivity contribution is -0.140. The SMILES string of the molecule is CCCOc1ccc2ccccc2c1CNC(CC(C)C)C(=O)O. The first-order valence-electron chi connectivity index (χ1n) is 8.62. The summed E-state index contributed by atoms with van der Waals surface area (Å²) in [5.41, 5.74) is 1.02. The largest absolute Gasteiger partial charge is 0.493 e. The van der Waals surface area contributed by atoms with Crippen LogP contribution in [0.15, 0.2) is 36.4 Å². The van der Waals surface area contributed by atoms with Gasteiger partial charge in [0.15, 0.2) is 0 Å². The third-order valence-electron chi connectivity index (χ3n) is 3.99. The molecule has 0 spiro atoms. The smallest absolute Gasteiger partial charge is 0.320 e. The Kier molecular flexibility index (Phi) is 6.62. The minimum Gasteiger partial charge on any atom is -0.493 e. The van der Waals surface area contributed by atoms with Crippen molar-refractivity contribution in [1.29, 1.82) is 0 Å². The van der Waals surface area contributed by atoms with Gasteiger partial charge < -0.3 is 15.2 Å². The molecule has 4 heteroatoms. The van der Waals surface area contributed by atoms with Crippen LogP contribution in [0.4, 0.5) is 0 Å². The van der Waals surface area contributed by atoms with Gasteiger partial charge in [-0.2, -0.15) is 0 Å². The Morgan fingerprint density at radius 3 is 2.62 bits per heavy atom. The lowest BCUT2D eigenvalue weighted by Gasteiger charge is -2.19. The van der Waals surface area contributed by atoms with Gasteiger partial charge in [0.05, 0.1) is 6.61 Å². The van der Waals surface area contributed by atoms with Crippen molar-refractivity contribution in [1.82, 2.24) is 5.32 Å². The summed E-state index contributed by atoms with van der Waals surface area (Å²) in [5, 5.41) is 14.9. The van der Waals surface area contributed by atoms with Gasteiger partial charge in [0, 0.05) is 12.1 Å². The molecule has 0 fully saturated rings. The van der Waals surface area contributed by atoms with Gasteiger partial charge in [0.25, 0.3) is 0 Å². The van der Waals surface area contributed by atoms with Gasteiger partial charge in [-0.1, -0.05) is 51.1 Å². The van der Waals surface area contributed by atoms with E-state index in [4.69, 9.17) is 4.74 Å². The molecule has 0 aliphatic rings. The molecule has 0 aliphatic carbocycles. The number of carbonyl (C=O) groups is 1. The zero-order valence-electron chi connectivity index (χ0n) is 14.7. The molecule has 2 aromatic carbocycles. The van der Waals surface area contributed by atoms with E-state index in [9.17, 15) is 9.90 Å². The molecule has 0 saturated heterocycles. The number of hydrogen-bond acceptors (Lipinski definition) is 3. The van der Waals surface area contributed by atoms with Crippen LogP contribution in [0.25, 0.3) is 10.8 Å². The van der Waals surface area contributed by atoms with Crippen LogP contribution in [-0.4, -0.2) is 23.7 Å². The minimum absolute atomic E-state index is 0.321. The van der Waals surface area contributed by atoms with E-state index in [0.29, 0.717) is 25.5 Å². The first kappa shape index (κ1) is 18.3. The maximum absolute atomic E-state index is 11.5. The van der Waals surface area contributed by atoms with E-state index in [1.807, 2.05) is 38.1 Å². The normalized spacial score (nSPS) is 12.5. The van der Waals surface area contributed by atoms with Crippen LogP contribution < -0.4 is 10.1 Å². The number of ether oxygens (including phenoxy) is 1. The molecule has 1 atom stereocenters. The van der Waals surface area contributed by atoms with Crippen molar-refractivity contribution in [2.75, 3.05) is 6.61 Å². The van der Waals surface area contributed by atoms with Crippen LogP contribution in [0.3, 0.4) is 0 Å². The second kappa shape index (κ2) is 8.69. The summed E-state index contributed by atoms with van der Waals surface area (Å²) >= 11 is 0. The number of hydrogen-bond donors (Lipinski definition) is 2. The number of carboxylic acids is 1. The third-order valence-corrected chi connectivity index (χ3v) is 3.99. The van der Waals surface area contributed by atoms with E-state index < -0.39 is 12.0 Å². The molecule has 0 heterocycles. The lowest BCUT2D eigenvalue weighted by atomic mass is 10.0. The summed E-state index contributed by atoms with van der Waals surface area (Å²) in [7, 11) is 0. The Morgan fingerprint density at radius 1 is 1.21 bits per heavy atom. The summed E-state index contributed by atoms with van der Waals surface area (Å²) < 4.78 is 5.88. The van der Waals surface area contributed by atoms with Crippen molar-refractivity contribution in [2.45, 2.75) is 46.2 Å². The Labute approximate surface area is 143 Å². The van der Waals surface area contributed by atoms with Crippen LogP contribution in [0.2, 0.25) is 0 Å². The fraction of sp³-hybridized carbons (Fsp3) is 0.450. The van der Waals surface area contributed by atoms with Crippen molar-refractivity contribution < 1.29 is 14.6 Å². The minimum atomic E-state index is -0.806. The Hall–Kier alpha value is -2.07. The summed E-state index contributed by atoms with van der Waals surface area (Å²) in [6.07, 6.45) is 1.54. The molecular formula is C20H27NO3. The molecule has 0 saturated carbocycles. The lowest BCUT2D eigenvalue weighted by Crippen LogP contribution is -2.37. The van der Waals surface area contributed by atoms with Gasteiger partial charge in [-0.05, 0) is 35.6 Å². The van der Waals surface area contributed by atoms with E-state index in [1.165, 1.54) is 0 Å². The van der Waals surface area contributed by atoms with E-state index in [0.717, 1.165) is 28.5 Å². The predicted molar refractivity (Wildman–Crippen MR) is 97.5 cm³/mol. The highest BCUT2D eigenvalue weighted by Gasteiger charge is 2.19. The first-order valence-corrected chi connectivity index (χ1v) is 8.62. The number of aliphatic carboxylic acids is 1. The van der Waals surface area contributed by atoms with Crippen LogP contribution in [-0.2, 0) is 11.3 Å². The monoisotopic (exact) mass is 329 g/mol. The highest BCUT2D eigenvalue weighted by atomic mass is 16.5. The van der Waals surface area contributed by atoms with Crippen LogP contribution in [0.1, 0.15) is 39.2 Å². The Bertz CT molecular complexity index is 682. The third kappa shape index (κ3) is 4.71. The Morgan fingerprint density at radius 2 is 1.96 bits per heavy atom. The molecule has 2 N–H and O–H groups in total. The topological polar surface area (TPSA) is 58.6 Å². The zero-order valence-corrected chi connectivity index (χ0v) is 14.7. The van der Waals surface area contributed by atoms with Gasteiger partial charge in [0.1, 0.15) is 11.8 Å². The molecule has 2 aromatic rings. The van der Waals surface area contributed by atoms with Crippen molar-refractivity contribution >= 4 is 16.7 Å². The number of benzene rings is 2. The average molecular weight is 329 g/mol. The molecular weight excluding hydrogens is 302 g/mol. The highest BCUT2D eigenvalue weighted by Crippen LogP contribution is 2.28. The zero-order chi connectivity index (χ0) is 17.5. The molecule has 2 rings (SSSR count). The number of fused-ring (bicyclic) bond motifs is 1. The standard InChI is InChI=1S/C20H27NO3/c1-4-11-24-19-10-9-15-7-5-6-8-16(15)17(19)13-21-18(20(22)23)12-14(2)3/h5-10,14,18,21H,4,11-13H2,1-3H3,(H,22,23). The quantitative estimate of drug-likeness (QED) is 0.723. The molecule has 0 bridgehead atoms. The van der Waals surface area contributed by atoms with E-state index in [2.05, 4.69) is 24.4 Å². The second-order valence-corrected chi connectivity index (χ2v) is 6.51. The molecule has 1 unspecified atom stereocenters. The van der Waals surface area contributed by atoms with E-state index in [1.54, 1.807) is 0 Å². The highest BCUT2D eigenvalue weighted by molar-refractivity contribution is 5.87. The van der Waals surface area contributed by atoms with Crippen LogP contribution >= 0.6 is 0 Å². The molecule has 0 radical (unpaired) electrons. The maximum atomic E-state index is 11.5. The maximum Gasteiger partial charge on any atom is 0.320 e. The molecule has 24 heavy (non-hydrogen) atoms. The van der Waals surface area contributed by atoms with Crippen LogP contribution in [0, 0.1) is 5.92 Å². The number of rotatable bonds is 9. The van der Waals surface area contributed by atoms with Crippen molar-refractivity contribution in [3.8, 4) is 5.75 Å². The molecule has 0 aliphatic heterocycles. The average Bonchev–Trinajstić information content (AvgIpc) is 2.56. The number of nitrogens with one attached hydrogen (secondary N) is 1. The first-order chi connectivity index (χ1) is 11.5. The van der Waals surface area contributed by atoms with Gasteiger partial charge in [-0.3, -0.25) is 4.79 Å². The van der Waals surface area contributed by atoms with Gasteiger partial charge in [-0.15, -0.1) is 0 Å². The summed E-state index contributed by atoms with van der Waals surface area (Å²) in [5.74, 6) is 0.346. The predicted octanol–water partition coefficient (Wildman–Crippen LogP) is 4.22. The second-order valence-electron chi connectivity index (χ2n) is 6.51. The van der Waals surface area contributed by atoms with E-state index in [-0.39, 0.29) is 0 Å². The fourth-order valence-electron chi connectivity index (χ4n) is 2.81. The summed E-state index contributed by atoms with van der Waals surface area (Å²) in [6, 6.07) is 11.6. The van der Waals surface area contributed by atoms with Gasteiger partial charge in [0.2, 0.25) is 0 Å². The molecule has 0 amide bonds. The number of carboxylic acid groups (broad SMARTS) is 1. The van der Waals surface area contributed by atoms with Crippen molar-refractivity contribution in [2.24, 2.45) is 5.92 Å². The Balaban J connectivity index is 2.28. The van der Waals surface area contributed by atoms with Crippen molar-refractivity contribution in [3.63, 3.8) is 0 Å². The molecule has 4 nitrogen and oxygen atoms in total. The summed E-state index contributed by atoms with van der Waals surface area (Å²) in [4.78, 5) is 11.5. The molecule has 0 aromatic heterocycles. The molecule has 130 valence electrons. The fourth-order valence-corrected chi connectivity index (χ4v) is 2.81. The van der Waals surface area contributed by atoms with Gasteiger partial charge >= 0.3 is 5.97 Å². The van der Waals surface area contributed by atoms with Crippen molar-refractivity contribution in [3.05, 3.63) is 42.0 Å². The summed E-state index contributed by atoms with van der Waals surface area (Å²) in [6.45, 7) is 7.27.